The maximum atomic E-state index is 5.64. The Bertz CT molecular complexity index is 132. The van der Waals surface area contributed by atoms with Crippen LogP contribution in [-0.4, -0.2) is 19.1 Å². The molecule has 1 saturated carbocycles. The summed E-state index contributed by atoms with van der Waals surface area (Å²) in [5, 5.41) is 3.60. The smallest absolute Gasteiger partial charge is 0.00990 e. The van der Waals surface area contributed by atoms with Crippen molar-refractivity contribution >= 4 is 0 Å². The molecule has 2 heteroatoms. The van der Waals surface area contributed by atoms with E-state index in [1.165, 1.54) is 25.7 Å². The Morgan fingerprint density at radius 2 is 2.23 bits per heavy atom. The molecule has 0 spiro atoms. The molecule has 78 valence electrons. The Balaban J connectivity index is 1.95. The molecule has 3 unspecified atom stereocenters. The van der Waals surface area contributed by atoms with Crippen LogP contribution in [0, 0.1) is 11.8 Å². The van der Waals surface area contributed by atoms with Crippen molar-refractivity contribution < 1.29 is 0 Å². The van der Waals surface area contributed by atoms with Gasteiger partial charge in [0.25, 0.3) is 0 Å². The zero-order valence-corrected chi connectivity index (χ0v) is 9.05. The van der Waals surface area contributed by atoms with E-state index >= 15 is 0 Å². The Hall–Kier alpha value is -0.0800. The molecule has 1 aliphatic carbocycles. The fraction of sp³-hybridized carbons (Fsp3) is 1.00. The number of rotatable bonds is 7. The quantitative estimate of drug-likeness (QED) is 0.632. The van der Waals surface area contributed by atoms with Crippen molar-refractivity contribution in [2.45, 2.75) is 45.6 Å². The summed E-state index contributed by atoms with van der Waals surface area (Å²) >= 11 is 0. The van der Waals surface area contributed by atoms with Crippen molar-refractivity contribution in [2.75, 3.05) is 13.1 Å². The minimum Gasteiger partial charge on any atom is -0.330 e. The summed E-state index contributed by atoms with van der Waals surface area (Å²) in [6, 6.07) is 0.834. The molecule has 0 aromatic heterocycles. The molecule has 3 N–H and O–H groups in total. The van der Waals surface area contributed by atoms with E-state index in [4.69, 9.17) is 5.73 Å². The fourth-order valence-corrected chi connectivity index (χ4v) is 1.91. The molecule has 1 aliphatic rings. The minimum absolute atomic E-state index is 0.728. The largest absolute Gasteiger partial charge is 0.330 e. The molecule has 1 fully saturated rings. The summed E-state index contributed by atoms with van der Waals surface area (Å²) in [5.74, 6) is 1.70. The molecular weight excluding hydrogens is 160 g/mol. The van der Waals surface area contributed by atoms with Crippen LogP contribution in [0.1, 0.15) is 39.5 Å². The summed E-state index contributed by atoms with van der Waals surface area (Å²) in [6.07, 6.45) is 5.21. The van der Waals surface area contributed by atoms with Crippen LogP contribution < -0.4 is 11.1 Å². The van der Waals surface area contributed by atoms with Gasteiger partial charge < -0.3 is 11.1 Å². The van der Waals surface area contributed by atoms with E-state index in [1.807, 2.05) is 0 Å². The maximum absolute atomic E-state index is 5.64. The van der Waals surface area contributed by atoms with Gasteiger partial charge in [-0.05, 0) is 37.8 Å². The standard InChI is InChI=1S/C11H24N2/c1-3-9(8-12)5-6-13-11-7-10(11)4-2/h9-11,13H,3-8,12H2,1-2H3. The third-order valence-corrected chi connectivity index (χ3v) is 3.32. The van der Waals surface area contributed by atoms with Crippen molar-refractivity contribution in [1.82, 2.24) is 5.32 Å². The van der Waals surface area contributed by atoms with Crippen molar-refractivity contribution in [3.8, 4) is 0 Å². The van der Waals surface area contributed by atoms with Crippen LogP contribution in [-0.2, 0) is 0 Å². The second kappa shape index (κ2) is 5.61. The highest BCUT2D eigenvalue weighted by atomic mass is 15.0. The molecule has 0 bridgehead atoms. The first-order valence-corrected chi connectivity index (χ1v) is 5.75. The van der Waals surface area contributed by atoms with Gasteiger partial charge in [0.1, 0.15) is 0 Å². The predicted molar refractivity (Wildman–Crippen MR) is 57.6 cm³/mol. The monoisotopic (exact) mass is 184 g/mol. The van der Waals surface area contributed by atoms with Gasteiger partial charge in [-0.25, -0.2) is 0 Å². The second-order valence-electron chi connectivity index (χ2n) is 4.26. The van der Waals surface area contributed by atoms with E-state index in [-0.39, 0.29) is 0 Å². The lowest BCUT2D eigenvalue weighted by Crippen LogP contribution is -2.24. The van der Waals surface area contributed by atoms with E-state index < -0.39 is 0 Å². The van der Waals surface area contributed by atoms with Gasteiger partial charge in [-0.1, -0.05) is 26.7 Å². The van der Waals surface area contributed by atoms with Crippen LogP contribution in [0.4, 0.5) is 0 Å². The molecular formula is C11H24N2. The van der Waals surface area contributed by atoms with Gasteiger partial charge >= 0.3 is 0 Å². The molecule has 0 aliphatic heterocycles. The molecule has 0 heterocycles. The van der Waals surface area contributed by atoms with Gasteiger partial charge in [0, 0.05) is 6.04 Å². The molecule has 0 aromatic rings. The molecule has 3 atom stereocenters. The Morgan fingerprint density at radius 1 is 1.46 bits per heavy atom. The van der Waals surface area contributed by atoms with Crippen LogP contribution in [0.3, 0.4) is 0 Å². The van der Waals surface area contributed by atoms with E-state index in [2.05, 4.69) is 19.2 Å². The van der Waals surface area contributed by atoms with Gasteiger partial charge in [0.2, 0.25) is 0 Å². The summed E-state index contributed by atoms with van der Waals surface area (Å²) in [6.45, 7) is 6.52. The Labute approximate surface area is 82.3 Å². The zero-order valence-electron chi connectivity index (χ0n) is 9.05. The summed E-state index contributed by atoms with van der Waals surface area (Å²) in [4.78, 5) is 0. The van der Waals surface area contributed by atoms with Crippen LogP contribution in [0.15, 0.2) is 0 Å². The predicted octanol–water partition coefficient (Wildman–Crippen LogP) is 1.75. The molecule has 2 nitrogen and oxygen atoms in total. The maximum Gasteiger partial charge on any atom is 0.00990 e. The van der Waals surface area contributed by atoms with Gasteiger partial charge in [-0.2, -0.15) is 0 Å². The Morgan fingerprint density at radius 3 is 2.69 bits per heavy atom. The normalized spacial score (nSPS) is 28.8. The van der Waals surface area contributed by atoms with Crippen molar-refractivity contribution in [3.05, 3.63) is 0 Å². The SMILES string of the molecule is CCC(CN)CCNC1CC1CC. The number of nitrogens with two attached hydrogens (primary N) is 1. The Kier molecular flexibility index (Phi) is 4.74. The van der Waals surface area contributed by atoms with Crippen LogP contribution in [0.25, 0.3) is 0 Å². The second-order valence-corrected chi connectivity index (χ2v) is 4.26. The minimum atomic E-state index is 0.728. The van der Waals surface area contributed by atoms with Crippen LogP contribution in [0.2, 0.25) is 0 Å². The molecule has 0 saturated heterocycles. The highest BCUT2D eigenvalue weighted by molar-refractivity contribution is 4.91. The lowest BCUT2D eigenvalue weighted by atomic mass is 10.0. The molecule has 1 rings (SSSR count). The number of nitrogens with one attached hydrogen (secondary N) is 1. The number of hydrogen-bond acceptors (Lipinski definition) is 2. The fourth-order valence-electron chi connectivity index (χ4n) is 1.91. The van der Waals surface area contributed by atoms with Crippen molar-refractivity contribution in [2.24, 2.45) is 17.6 Å². The average Bonchev–Trinajstić information content (AvgIpc) is 2.91. The highest BCUT2D eigenvalue weighted by Gasteiger charge is 2.34. The third kappa shape index (κ3) is 3.65. The summed E-state index contributed by atoms with van der Waals surface area (Å²) < 4.78 is 0. The number of hydrogen-bond donors (Lipinski definition) is 2. The van der Waals surface area contributed by atoms with Crippen molar-refractivity contribution in [3.63, 3.8) is 0 Å². The molecule has 13 heavy (non-hydrogen) atoms. The lowest BCUT2D eigenvalue weighted by Gasteiger charge is -2.12. The first kappa shape index (κ1) is 11.0. The lowest BCUT2D eigenvalue weighted by molar-refractivity contribution is 0.455. The van der Waals surface area contributed by atoms with Crippen LogP contribution >= 0.6 is 0 Å². The third-order valence-electron chi connectivity index (χ3n) is 3.32. The average molecular weight is 184 g/mol. The molecule has 0 amide bonds. The van der Waals surface area contributed by atoms with Gasteiger partial charge in [0.15, 0.2) is 0 Å². The highest BCUT2D eigenvalue weighted by Crippen LogP contribution is 2.32. The van der Waals surface area contributed by atoms with E-state index in [0.29, 0.717) is 0 Å². The van der Waals surface area contributed by atoms with E-state index in [0.717, 1.165) is 31.0 Å². The summed E-state index contributed by atoms with van der Waals surface area (Å²) in [7, 11) is 0. The van der Waals surface area contributed by atoms with E-state index in [1.54, 1.807) is 0 Å². The molecule has 0 radical (unpaired) electrons. The first-order valence-electron chi connectivity index (χ1n) is 5.75. The molecule has 0 aromatic carbocycles. The zero-order chi connectivity index (χ0) is 9.68. The van der Waals surface area contributed by atoms with E-state index in [9.17, 15) is 0 Å². The first-order chi connectivity index (χ1) is 6.31. The summed E-state index contributed by atoms with van der Waals surface area (Å²) in [5.41, 5.74) is 5.64. The van der Waals surface area contributed by atoms with Crippen molar-refractivity contribution in [1.29, 1.82) is 0 Å². The topological polar surface area (TPSA) is 38.0 Å². The van der Waals surface area contributed by atoms with Gasteiger partial charge in [0.05, 0.1) is 0 Å². The van der Waals surface area contributed by atoms with Gasteiger partial charge in [-0.3, -0.25) is 0 Å². The van der Waals surface area contributed by atoms with Crippen LogP contribution in [0.5, 0.6) is 0 Å². The van der Waals surface area contributed by atoms with Gasteiger partial charge in [-0.15, -0.1) is 0 Å².